The van der Waals surface area contributed by atoms with Crippen molar-refractivity contribution in [3.8, 4) is 10.8 Å². The van der Waals surface area contributed by atoms with Crippen LogP contribution in [0, 0.1) is 21.3 Å². The molecular formula is C14H20N4S2Sn-4. The van der Waals surface area contributed by atoms with Crippen LogP contribution in [-0.2, 0) is 25.3 Å². The van der Waals surface area contributed by atoms with E-state index in [9.17, 15) is 0 Å². The Hall–Kier alpha value is -0.541. The quantitative estimate of drug-likeness (QED) is 0.365. The van der Waals surface area contributed by atoms with Gasteiger partial charge in [-0.15, -0.1) is 25.2 Å². The molecule has 21 heavy (non-hydrogen) atoms. The minimum atomic E-state index is 0.230. The van der Waals surface area contributed by atoms with E-state index in [0.717, 1.165) is 13.1 Å². The number of hydrogen-bond donors (Lipinski definition) is 0. The van der Waals surface area contributed by atoms with Crippen LogP contribution in [0.15, 0.2) is 23.9 Å². The second-order valence-corrected chi connectivity index (χ2v) is 7.18. The summed E-state index contributed by atoms with van der Waals surface area (Å²) in [6, 6.07) is 0.406. The van der Waals surface area contributed by atoms with Gasteiger partial charge in [-0.25, -0.2) is 10.5 Å². The van der Waals surface area contributed by atoms with Crippen LogP contribution in [-0.4, -0.2) is 40.3 Å². The predicted molar refractivity (Wildman–Crippen MR) is 94.8 cm³/mol. The van der Waals surface area contributed by atoms with Crippen molar-refractivity contribution in [3.63, 3.8) is 0 Å². The van der Waals surface area contributed by atoms with Crippen molar-refractivity contribution in [2.24, 2.45) is 0 Å². The summed E-state index contributed by atoms with van der Waals surface area (Å²) in [7, 11) is 0. The molecule has 0 N–H and O–H groups in total. The molecule has 2 heterocycles. The van der Waals surface area contributed by atoms with Crippen molar-refractivity contribution >= 4 is 46.4 Å². The van der Waals surface area contributed by atoms with Gasteiger partial charge in [-0.2, -0.15) is 5.70 Å². The first-order valence-corrected chi connectivity index (χ1v) is 13.1. The summed E-state index contributed by atoms with van der Waals surface area (Å²) in [4.78, 5) is 4.59. The fraction of sp³-hybridized carbons (Fsp3) is 0.571. The molecule has 1 atom stereocenters. The Balaban J connectivity index is 0. The standard InChI is InChI=1S/C10H14N2.2CHNS.2CH3.Sn/c1-3-7-11-9(5-1)10-6-2-4-8-12-10;2*2-1-3;;;/h1,3,5,10H,2,4,6-8H2;2*3H;2*1H3;/q-2;;;;;/p-2. The SMILES string of the molecule is C1=CC[N-]C(C2CCCC[N-]2)=C1.N#C[S-].N#C[S-].[CH3][Sn][CH3]. The van der Waals surface area contributed by atoms with E-state index in [1.807, 2.05) is 0 Å². The number of thiocyanates is 2. The van der Waals surface area contributed by atoms with Crippen LogP contribution in [0.5, 0.6) is 0 Å². The average molecular weight is 427 g/mol. The fourth-order valence-electron chi connectivity index (χ4n) is 1.68. The molecule has 0 aromatic rings. The van der Waals surface area contributed by atoms with Crippen molar-refractivity contribution in [2.75, 3.05) is 13.1 Å². The molecule has 116 valence electrons. The second-order valence-electron chi connectivity index (χ2n) is 3.96. The van der Waals surface area contributed by atoms with E-state index in [2.05, 4.69) is 64.0 Å². The van der Waals surface area contributed by atoms with Gasteiger partial charge in [-0.05, 0) is 0 Å². The Morgan fingerprint density at radius 3 is 2.19 bits per heavy atom. The zero-order valence-electron chi connectivity index (χ0n) is 12.5. The number of allylic oxidation sites excluding steroid dienone is 2. The maximum atomic E-state index is 7.13. The Morgan fingerprint density at radius 1 is 1.24 bits per heavy atom. The van der Waals surface area contributed by atoms with Gasteiger partial charge in [-0.3, -0.25) is 0 Å². The van der Waals surface area contributed by atoms with E-state index >= 15 is 0 Å². The van der Waals surface area contributed by atoms with Gasteiger partial charge in [0, 0.05) is 0 Å². The third-order valence-corrected chi connectivity index (χ3v) is 2.36. The van der Waals surface area contributed by atoms with Crippen LogP contribution in [0.4, 0.5) is 0 Å². The van der Waals surface area contributed by atoms with Gasteiger partial charge in [0.1, 0.15) is 0 Å². The molecule has 2 aliphatic rings. The summed E-state index contributed by atoms with van der Waals surface area (Å²) in [5, 5.41) is 25.9. The molecule has 4 nitrogen and oxygen atoms in total. The molecule has 0 bridgehead atoms. The Morgan fingerprint density at radius 2 is 1.81 bits per heavy atom. The predicted octanol–water partition coefficient (Wildman–Crippen LogP) is 3.56. The summed E-state index contributed by atoms with van der Waals surface area (Å²) in [6.45, 7) is 1.87. The van der Waals surface area contributed by atoms with Gasteiger partial charge in [0.05, 0.1) is 0 Å². The molecule has 0 amide bonds. The fourth-order valence-corrected chi connectivity index (χ4v) is 1.68. The molecule has 0 aromatic heterocycles. The van der Waals surface area contributed by atoms with Crippen LogP contribution < -0.4 is 0 Å². The van der Waals surface area contributed by atoms with Crippen LogP contribution >= 0.6 is 0 Å². The maximum absolute atomic E-state index is 7.13. The Bertz CT molecular complexity index is 354. The van der Waals surface area contributed by atoms with E-state index in [1.165, 1.54) is 35.8 Å². The topological polar surface area (TPSA) is 75.8 Å². The third kappa shape index (κ3) is 15.7. The van der Waals surface area contributed by atoms with E-state index in [0.29, 0.717) is 6.04 Å². The van der Waals surface area contributed by atoms with E-state index in [1.54, 1.807) is 0 Å². The molecule has 0 aromatic carbocycles. The van der Waals surface area contributed by atoms with Gasteiger partial charge in [0.25, 0.3) is 0 Å². The van der Waals surface area contributed by atoms with Gasteiger partial charge >= 0.3 is 31.0 Å². The van der Waals surface area contributed by atoms with Crippen LogP contribution in [0.1, 0.15) is 19.3 Å². The first kappa shape index (κ1) is 22.7. The molecule has 0 spiro atoms. The Kier molecular flexibility index (Phi) is 21.1. The van der Waals surface area contributed by atoms with Gasteiger partial charge < -0.3 is 35.9 Å². The van der Waals surface area contributed by atoms with Gasteiger partial charge in [-0.1, -0.05) is 42.2 Å². The van der Waals surface area contributed by atoms with Crippen LogP contribution in [0.2, 0.25) is 9.88 Å². The number of hydrogen-bond acceptors (Lipinski definition) is 4. The molecule has 7 heteroatoms. The molecule has 2 rings (SSSR count). The molecule has 1 fully saturated rings. The normalized spacial score (nSPS) is 18.3. The van der Waals surface area contributed by atoms with Crippen molar-refractivity contribution in [3.05, 3.63) is 34.6 Å². The molecule has 2 aliphatic heterocycles. The number of nitrogens with zero attached hydrogens (tertiary/aromatic N) is 4. The Labute approximate surface area is 150 Å². The summed E-state index contributed by atoms with van der Waals surface area (Å²) in [6.07, 6.45) is 10.0. The van der Waals surface area contributed by atoms with E-state index in [-0.39, 0.29) is 21.1 Å². The van der Waals surface area contributed by atoms with Crippen molar-refractivity contribution < 1.29 is 0 Å². The minimum absolute atomic E-state index is 0.230. The summed E-state index contributed by atoms with van der Waals surface area (Å²) >= 11 is 7.63. The van der Waals surface area contributed by atoms with Crippen LogP contribution in [0.3, 0.4) is 0 Å². The first-order chi connectivity index (χ1) is 10.2. The van der Waals surface area contributed by atoms with Gasteiger partial charge in [0.15, 0.2) is 0 Å². The molecule has 0 aliphatic carbocycles. The summed E-state index contributed by atoms with van der Waals surface area (Å²) in [5.41, 5.74) is 1.19. The molecular weight excluding hydrogens is 407 g/mol. The summed E-state index contributed by atoms with van der Waals surface area (Å²) in [5.74, 6) is 0. The zero-order chi connectivity index (χ0) is 16.3. The summed E-state index contributed by atoms with van der Waals surface area (Å²) < 4.78 is 0. The number of nitriles is 2. The van der Waals surface area contributed by atoms with Crippen molar-refractivity contribution in [2.45, 2.75) is 35.2 Å². The molecule has 1 unspecified atom stereocenters. The average Bonchev–Trinajstić information content (AvgIpc) is 2.51. The number of piperidine rings is 1. The third-order valence-electron chi connectivity index (χ3n) is 2.36. The van der Waals surface area contributed by atoms with Crippen molar-refractivity contribution in [1.29, 1.82) is 10.5 Å². The van der Waals surface area contributed by atoms with E-state index < -0.39 is 0 Å². The van der Waals surface area contributed by atoms with Gasteiger partial charge in [0.2, 0.25) is 0 Å². The molecule has 2 radical (unpaired) electrons. The molecule has 1 saturated heterocycles. The molecule has 0 saturated carbocycles. The monoisotopic (exact) mass is 428 g/mol. The zero-order valence-corrected chi connectivity index (χ0v) is 16.9. The van der Waals surface area contributed by atoms with E-state index in [4.69, 9.17) is 10.5 Å². The number of rotatable bonds is 1. The van der Waals surface area contributed by atoms with Crippen LogP contribution in [0.25, 0.3) is 10.6 Å². The van der Waals surface area contributed by atoms with Crippen molar-refractivity contribution in [1.82, 2.24) is 0 Å². The second kappa shape index (κ2) is 19.5. The first-order valence-electron chi connectivity index (χ1n) is 6.53.